The van der Waals surface area contributed by atoms with Gasteiger partial charge in [-0.2, -0.15) is 12.6 Å². The van der Waals surface area contributed by atoms with Crippen LogP contribution in [0.2, 0.25) is 0 Å². The third-order valence-electron chi connectivity index (χ3n) is 8.67. The van der Waals surface area contributed by atoms with Crippen LogP contribution >= 0.6 is 12.6 Å². The van der Waals surface area contributed by atoms with Crippen LogP contribution in [0.1, 0.15) is 194 Å². The summed E-state index contributed by atoms with van der Waals surface area (Å²) in [5.41, 5.74) is 0. The molecule has 0 rings (SSSR count). The van der Waals surface area contributed by atoms with E-state index in [2.05, 4.69) is 31.8 Å². The van der Waals surface area contributed by atoms with Crippen LogP contribution in [0, 0.1) is 0 Å². The van der Waals surface area contributed by atoms with Crippen LogP contribution in [-0.4, -0.2) is 49.3 Å². The molecule has 0 aliphatic rings. The van der Waals surface area contributed by atoms with Crippen molar-refractivity contribution in [3.63, 3.8) is 0 Å². The molecule has 0 saturated heterocycles. The number of carbonyl (C=O) groups is 3. The first-order chi connectivity index (χ1) is 22.1. The second-order valence-corrected chi connectivity index (χ2v) is 13.5. The van der Waals surface area contributed by atoms with Gasteiger partial charge in [0.05, 0.1) is 6.04 Å². The van der Waals surface area contributed by atoms with Gasteiger partial charge in [-0.25, -0.2) is 0 Å². The molecule has 2 unspecified atom stereocenters. The third-order valence-corrected chi connectivity index (χ3v) is 9.06. The number of carbonyl (C=O) groups excluding carboxylic acids is 3. The van der Waals surface area contributed by atoms with E-state index in [1.54, 1.807) is 0 Å². The predicted molar refractivity (Wildman–Crippen MR) is 193 cm³/mol. The topological polar surface area (TPSA) is 81.7 Å². The van der Waals surface area contributed by atoms with Gasteiger partial charge in [0.1, 0.15) is 19.0 Å². The summed E-state index contributed by atoms with van der Waals surface area (Å²) in [5, 5.41) is 3.05. The molecule has 266 valence electrons. The van der Waals surface area contributed by atoms with Gasteiger partial charge in [0.2, 0.25) is 0 Å². The molecule has 7 heteroatoms. The van der Waals surface area contributed by atoms with E-state index >= 15 is 0 Å². The highest BCUT2D eigenvalue weighted by Gasteiger charge is 2.18. The number of nitrogens with one attached hydrogen (secondary N) is 1. The minimum absolute atomic E-state index is 0.00672. The van der Waals surface area contributed by atoms with Crippen LogP contribution in [0.5, 0.6) is 0 Å². The van der Waals surface area contributed by atoms with Crippen molar-refractivity contribution in [2.24, 2.45) is 0 Å². The fraction of sp³-hybridized carbons (Fsp3) is 0.921. The first-order valence-corrected chi connectivity index (χ1v) is 19.8. The zero-order chi connectivity index (χ0) is 33.1. The Balaban J connectivity index is 4.01. The summed E-state index contributed by atoms with van der Waals surface area (Å²) in [6.07, 6.45) is 33.7. The Bertz CT molecular complexity index is 662. The van der Waals surface area contributed by atoms with Crippen LogP contribution in [0.4, 0.5) is 0 Å². The molecule has 0 saturated carbocycles. The lowest BCUT2D eigenvalue weighted by atomic mass is 10.0. The monoisotopic (exact) mass is 656 g/mol. The molecule has 0 aromatic heterocycles. The van der Waals surface area contributed by atoms with Crippen molar-refractivity contribution in [2.75, 3.05) is 18.9 Å². The molecule has 0 amide bonds. The van der Waals surface area contributed by atoms with E-state index in [0.717, 1.165) is 44.8 Å². The van der Waals surface area contributed by atoms with Crippen LogP contribution in [-0.2, 0) is 23.9 Å². The summed E-state index contributed by atoms with van der Waals surface area (Å²) in [7, 11) is 0. The fourth-order valence-corrected chi connectivity index (χ4v) is 5.87. The van der Waals surface area contributed by atoms with Gasteiger partial charge in [-0.05, 0) is 12.8 Å². The smallest absolute Gasteiger partial charge is 0.306 e. The maximum Gasteiger partial charge on any atom is 0.306 e. The maximum absolute atomic E-state index is 12.5. The predicted octanol–water partition coefficient (Wildman–Crippen LogP) is 10.5. The molecule has 0 aromatic rings. The zero-order valence-electron chi connectivity index (χ0n) is 29.6. The lowest BCUT2D eigenvalue weighted by Crippen LogP contribution is -2.41. The molecule has 1 N–H and O–H groups in total. The standard InChI is InChI=1S/C38H73NO5S/c1-3-5-7-9-11-13-15-17-19-21-23-25-27-29-37(41)43-33-36(31-39-35(32-40)34-45)44-38(42)30-28-26-24-22-20-18-16-14-12-10-8-6-4-2/h32,35-36,39,45H,3-31,33-34H2,1-2H3. The quantitative estimate of drug-likeness (QED) is 0.0302. The summed E-state index contributed by atoms with van der Waals surface area (Å²) in [5.74, 6) is -0.176. The minimum atomic E-state index is -0.614. The van der Waals surface area contributed by atoms with Crippen LogP contribution < -0.4 is 5.32 Å². The first kappa shape index (κ1) is 43.9. The Morgan fingerprint density at radius 1 is 0.578 bits per heavy atom. The van der Waals surface area contributed by atoms with Gasteiger partial charge >= 0.3 is 11.9 Å². The molecule has 0 aromatic carbocycles. The number of rotatable bonds is 36. The Morgan fingerprint density at radius 2 is 0.933 bits per heavy atom. The summed E-state index contributed by atoms with van der Waals surface area (Å²) in [4.78, 5) is 36.0. The Hall–Kier alpha value is -1.08. The van der Waals surface area contributed by atoms with Crippen molar-refractivity contribution in [1.82, 2.24) is 5.32 Å². The average molecular weight is 656 g/mol. The number of ether oxygens (including phenoxy) is 2. The molecule has 2 atom stereocenters. The van der Waals surface area contributed by atoms with Gasteiger partial charge in [0, 0.05) is 25.1 Å². The van der Waals surface area contributed by atoms with Crippen LogP contribution in [0.15, 0.2) is 0 Å². The number of hydrogen-bond acceptors (Lipinski definition) is 7. The third kappa shape index (κ3) is 32.6. The van der Waals surface area contributed by atoms with E-state index in [9.17, 15) is 14.4 Å². The van der Waals surface area contributed by atoms with E-state index in [0.29, 0.717) is 18.6 Å². The number of aldehydes is 1. The highest BCUT2D eigenvalue weighted by molar-refractivity contribution is 7.80. The molecule has 0 radical (unpaired) electrons. The minimum Gasteiger partial charge on any atom is -0.462 e. The first-order valence-electron chi connectivity index (χ1n) is 19.2. The molecular formula is C38H73NO5S. The Morgan fingerprint density at radius 3 is 1.29 bits per heavy atom. The fourth-order valence-electron chi connectivity index (χ4n) is 5.65. The molecule has 0 aliphatic heterocycles. The normalized spacial score (nSPS) is 12.6. The molecule has 0 heterocycles. The summed E-state index contributed by atoms with van der Waals surface area (Å²) in [6.45, 7) is 4.78. The zero-order valence-corrected chi connectivity index (χ0v) is 30.5. The number of esters is 2. The summed E-state index contributed by atoms with van der Waals surface area (Å²) < 4.78 is 11.1. The van der Waals surface area contributed by atoms with E-state index in [-0.39, 0.29) is 25.1 Å². The van der Waals surface area contributed by atoms with Crippen molar-refractivity contribution in [3.8, 4) is 0 Å². The maximum atomic E-state index is 12.5. The molecule has 0 spiro atoms. The van der Waals surface area contributed by atoms with E-state index in [1.165, 1.54) is 128 Å². The lowest BCUT2D eigenvalue weighted by molar-refractivity contribution is -0.159. The lowest BCUT2D eigenvalue weighted by Gasteiger charge is -2.20. The van der Waals surface area contributed by atoms with E-state index in [1.807, 2.05) is 0 Å². The molecule has 0 bridgehead atoms. The van der Waals surface area contributed by atoms with Gasteiger partial charge in [-0.15, -0.1) is 0 Å². The highest BCUT2D eigenvalue weighted by Crippen LogP contribution is 2.15. The van der Waals surface area contributed by atoms with E-state index < -0.39 is 12.1 Å². The van der Waals surface area contributed by atoms with Crippen molar-refractivity contribution in [3.05, 3.63) is 0 Å². The van der Waals surface area contributed by atoms with Gasteiger partial charge in [-0.3, -0.25) is 9.59 Å². The molecule has 0 aliphatic carbocycles. The molecule has 45 heavy (non-hydrogen) atoms. The van der Waals surface area contributed by atoms with Gasteiger partial charge in [0.15, 0.2) is 0 Å². The molecule has 0 fully saturated rings. The van der Waals surface area contributed by atoms with Crippen molar-refractivity contribution < 1.29 is 23.9 Å². The average Bonchev–Trinajstić information content (AvgIpc) is 3.04. The summed E-state index contributed by atoms with van der Waals surface area (Å²) >= 11 is 4.18. The second kappa shape index (κ2) is 35.8. The number of thiol groups is 1. The van der Waals surface area contributed by atoms with E-state index in [4.69, 9.17) is 9.47 Å². The highest BCUT2D eigenvalue weighted by atomic mass is 32.1. The van der Waals surface area contributed by atoms with Gasteiger partial charge in [0.25, 0.3) is 0 Å². The largest absolute Gasteiger partial charge is 0.462 e. The second-order valence-electron chi connectivity index (χ2n) is 13.1. The van der Waals surface area contributed by atoms with Crippen LogP contribution in [0.25, 0.3) is 0 Å². The van der Waals surface area contributed by atoms with Crippen molar-refractivity contribution in [1.29, 1.82) is 0 Å². The van der Waals surface area contributed by atoms with Crippen molar-refractivity contribution >= 4 is 30.9 Å². The van der Waals surface area contributed by atoms with Crippen LogP contribution in [0.3, 0.4) is 0 Å². The Labute approximate surface area is 284 Å². The molecular weight excluding hydrogens is 582 g/mol. The van der Waals surface area contributed by atoms with Gasteiger partial charge < -0.3 is 19.6 Å². The molecule has 6 nitrogen and oxygen atoms in total. The number of unbranched alkanes of at least 4 members (excludes halogenated alkanes) is 24. The SMILES string of the molecule is CCCCCCCCCCCCCCCC(=O)OCC(CNC(C=O)CS)OC(=O)CCCCCCCCCCCCCCC. The Kier molecular flexibility index (Phi) is 34.9. The summed E-state index contributed by atoms with van der Waals surface area (Å²) in [6, 6.07) is -0.433. The van der Waals surface area contributed by atoms with Gasteiger partial charge in [-0.1, -0.05) is 168 Å². The number of hydrogen-bond donors (Lipinski definition) is 2. The van der Waals surface area contributed by atoms with Crippen molar-refractivity contribution in [2.45, 2.75) is 206 Å².